The average Bonchev–Trinajstić information content (AvgIpc) is 2.46. The van der Waals surface area contributed by atoms with Crippen LogP contribution in [0, 0.1) is 5.92 Å². The Morgan fingerprint density at radius 2 is 1.81 bits per heavy atom. The van der Waals surface area contributed by atoms with E-state index in [9.17, 15) is 0 Å². The summed E-state index contributed by atoms with van der Waals surface area (Å²) in [5, 5.41) is 3.61. The summed E-state index contributed by atoms with van der Waals surface area (Å²) in [4.78, 5) is 0. The summed E-state index contributed by atoms with van der Waals surface area (Å²) in [6.07, 6.45) is 2.34. The minimum atomic E-state index is 0.224. The molecule has 0 saturated heterocycles. The summed E-state index contributed by atoms with van der Waals surface area (Å²) >= 11 is 0. The SMILES string of the molecule is CC(C)(C)c1ccc2c(c1)CC(Cc1ccccc1)CN2. The first-order chi connectivity index (χ1) is 10.0. The van der Waals surface area contributed by atoms with Gasteiger partial charge in [0.15, 0.2) is 0 Å². The fraction of sp³-hybridized carbons (Fsp3) is 0.400. The van der Waals surface area contributed by atoms with Crippen LogP contribution in [0.5, 0.6) is 0 Å². The normalized spacial score (nSPS) is 18.0. The highest BCUT2D eigenvalue weighted by atomic mass is 14.9. The van der Waals surface area contributed by atoms with Crippen molar-refractivity contribution in [3.63, 3.8) is 0 Å². The molecule has 0 aliphatic carbocycles. The van der Waals surface area contributed by atoms with Crippen molar-refractivity contribution in [2.45, 2.75) is 39.0 Å². The topological polar surface area (TPSA) is 12.0 Å². The van der Waals surface area contributed by atoms with Gasteiger partial charge in [-0.15, -0.1) is 0 Å². The zero-order chi connectivity index (χ0) is 14.9. The number of rotatable bonds is 2. The van der Waals surface area contributed by atoms with Crippen molar-refractivity contribution in [3.05, 3.63) is 65.2 Å². The third-order valence-electron chi connectivity index (χ3n) is 4.43. The first-order valence-corrected chi connectivity index (χ1v) is 7.93. The van der Waals surface area contributed by atoms with Crippen molar-refractivity contribution in [1.29, 1.82) is 0 Å². The third kappa shape index (κ3) is 3.29. The lowest BCUT2D eigenvalue weighted by Gasteiger charge is -2.29. The molecule has 1 heteroatoms. The van der Waals surface area contributed by atoms with Gasteiger partial charge in [-0.25, -0.2) is 0 Å². The lowest BCUT2D eigenvalue weighted by atomic mass is 9.82. The molecule has 2 aromatic carbocycles. The van der Waals surface area contributed by atoms with Gasteiger partial charge >= 0.3 is 0 Å². The average molecular weight is 279 g/mol. The second kappa shape index (κ2) is 5.55. The van der Waals surface area contributed by atoms with Crippen molar-refractivity contribution in [2.24, 2.45) is 5.92 Å². The van der Waals surface area contributed by atoms with Crippen molar-refractivity contribution < 1.29 is 0 Å². The van der Waals surface area contributed by atoms with Gasteiger partial charge in [-0.3, -0.25) is 0 Å². The van der Waals surface area contributed by atoms with E-state index in [0.29, 0.717) is 5.92 Å². The number of benzene rings is 2. The highest BCUT2D eigenvalue weighted by molar-refractivity contribution is 5.55. The van der Waals surface area contributed by atoms with Gasteiger partial charge in [-0.1, -0.05) is 63.2 Å². The van der Waals surface area contributed by atoms with Gasteiger partial charge < -0.3 is 5.32 Å². The maximum atomic E-state index is 3.61. The molecule has 0 spiro atoms. The number of anilines is 1. The van der Waals surface area contributed by atoms with E-state index >= 15 is 0 Å². The minimum absolute atomic E-state index is 0.224. The summed E-state index contributed by atoms with van der Waals surface area (Å²) in [7, 11) is 0. The predicted molar refractivity (Wildman–Crippen MR) is 91.0 cm³/mol. The third-order valence-corrected chi connectivity index (χ3v) is 4.43. The lowest BCUT2D eigenvalue weighted by Crippen LogP contribution is -2.25. The highest BCUT2D eigenvalue weighted by Gasteiger charge is 2.21. The molecule has 0 saturated carbocycles. The molecule has 0 fully saturated rings. The van der Waals surface area contributed by atoms with Crippen LogP contribution in [-0.4, -0.2) is 6.54 Å². The highest BCUT2D eigenvalue weighted by Crippen LogP contribution is 2.31. The Kier molecular flexibility index (Phi) is 3.75. The number of fused-ring (bicyclic) bond motifs is 1. The molecule has 1 N–H and O–H groups in total. The number of hydrogen-bond donors (Lipinski definition) is 1. The Morgan fingerprint density at radius 1 is 1.05 bits per heavy atom. The molecule has 1 nitrogen and oxygen atoms in total. The standard InChI is InChI=1S/C20H25N/c1-20(2,3)18-9-10-19-17(13-18)12-16(14-21-19)11-15-7-5-4-6-8-15/h4-10,13,16,21H,11-12,14H2,1-3H3. The van der Waals surface area contributed by atoms with E-state index in [1.54, 1.807) is 0 Å². The van der Waals surface area contributed by atoms with Crippen molar-refractivity contribution in [2.75, 3.05) is 11.9 Å². The summed E-state index contributed by atoms with van der Waals surface area (Å²) in [6, 6.07) is 17.8. The van der Waals surface area contributed by atoms with Crippen LogP contribution in [0.3, 0.4) is 0 Å². The molecule has 1 aliphatic heterocycles. The Balaban J connectivity index is 1.78. The lowest BCUT2D eigenvalue weighted by molar-refractivity contribution is 0.531. The number of nitrogens with one attached hydrogen (secondary N) is 1. The molecule has 1 aliphatic rings. The summed E-state index contributed by atoms with van der Waals surface area (Å²) in [5.41, 5.74) is 5.91. The molecule has 0 amide bonds. The Labute approximate surface area is 128 Å². The molecule has 1 unspecified atom stereocenters. The van der Waals surface area contributed by atoms with Crippen LogP contribution in [-0.2, 0) is 18.3 Å². The Morgan fingerprint density at radius 3 is 2.52 bits per heavy atom. The van der Waals surface area contributed by atoms with Crippen LogP contribution in [0.4, 0.5) is 5.69 Å². The second-order valence-corrected chi connectivity index (χ2v) is 7.26. The minimum Gasteiger partial charge on any atom is -0.385 e. The van der Waals surface area contributed by atoms with Gasteiger partial charge in [0.1, 0.15) is 0 Å². The summed E-state index contributed by atoms with van der Waals surface area (Å²) in [5.74, 6) is 0.690. The maximum absolute atomic E-state index is 3.61. The Hall–Kier alpha value is -1.76. The monoisotopic (exact) mass is 279 g/mol. The maximum Gasteiger partial charge on any atom is 0.0373 e. The van der Waals surface area contributed by atoms with E-state index in [1.165, 1.54) is 28.8 Å². The largest absolute Gasteiger partial charge is 0.385 e. The fourth-order valence-electron chi connectivity index (χ4n) is 3.13. The van der Waals surface area contributed by atoms with Crippen LogP contribution in [0.25, 0.3) is 0 Å². The van der Waals surface area contributed by atoms with E-state index < -0.39 is 0 Å². The van der Waals surface area contributed by atoms with Crippen LogP contribution in [0.2, 0.25) is 0 Å². The van der Waals surface area contributed by atoms with Crippen molar-refractivity contribution in [3.8, 4) is 0 Å². The number of hydrogen-bond acceptors (Lipinski definition) is 1. The molecular formula is C20H25N. The molecule has 0 aromatic heterocycles. The van der Waals surface area contributed by atoms with Crippen molar-refractivity contribution in [1.82, 2.24) is 0 Å². The van der Waals surface area contributed by atoms with Gasteiger partial charge in [0.25, 0.3) is 0 Å². The summed E-state index contributed by atoms with van der Waals surface area (Å²) < 4.78 is 0. The van der Waals surface area contributed by atoms with E-state index in [4.69, 9.17) is 0 Å². The molecular weight excluding hydrogens is 254 g/mol. The first-order valence-electron chi connectivity index (χ1n) is 7.93. The van der Waals surface area contributed by atoms with Crippen LogP contribution < -0.4 is 5.32 Å². The van der Waals surface area contributed by atoms with Crippen LogP contribution in [0.1, 0.15) is 37.5 Å². The molecule has 110 valence electrons. The zero-order valence-corrected chi connectivity index (χ0v) is 13.3. The van der Waals surface area contributed by atoms with Crippen LogP contribution >= 0.6 is 0 Å². The molecule has 0 radical (unpaired) electrons. The summed E-state index contributed by atoms with van der Waals surface area (Å²) in [6.45, 7) is 7.93. The van der Waals surface area contributed by atoms with Gasteiger partial charge in [-0.2, -0.15) is 0 Å². The van der Waals surface area contributed by atoms with E-state index in [1.807, 2.05) is 0 Å². The molecule has 1 heterocycles. The quantitative estimate of drug-likeness (QED) is 0.831. The predicted octanol–water partition coefficient (Wildman–Crippen LogP) is 4.81. The van der Waals surface area contributed by atoms with Gasteiger partial charge in [0.05, 0.1) is 0 Å². The van der Waals surface area contributed by atoms with Crippen molar-refractivity contribution >= 4 is 5.69 Å². The van der Waals surface area contributed by atoms with Crippen LogP contribution in [0.15, 0.2) is 48.5 Å². The Bertz CT molecular complexity index is 607. The molecule has 3 rings (SSSR count). The van der Waals surface area contributed by atoms with E-state index in [-0.39, 0.29) is 5.41 Å². The first kappa shape index (κ1) is 14.2. The van der Waals surface area contributed by atoms with E-state index in [0.717, 1.165) is 13.0 Å². The molecule has 21 heavy (non-hydrogen) atoms. The van der Waals surface area contributed by atoms with E-state index in [2.05, 4.69) is 74.6 Å². The van der Waals surface area contributed by atoms with Gasteiger partial charge in [-0.05, 0) is 46.9 Å². The fourth-order valence-corrected chi connectivity index (χ4v) is 3.13. The smallest absolute Gasteiger partial charge is 0.0373 e. The molecule has 0 bridgehead atoms. The van der Waals surface area contributed by atoms with Gasteiger partial charge in [0, 0.05) is 12.2 Å². The zero-order valence-electron chi connectivity index (χ0n) is 13.3. The second-order valence-electron chi connectivity index (χ2n) is 7.26. The molecule has 1 atom stereocenters. The molecule has 2 aromatic rings. The van der Waals surface area contributed by atoms with Gasteiger partial charge in [0.2, 0.25) is 0 Å².